The third-order valence-corrected chi connectivity index (χ3v) is 4.55. The van der Waals surface area contributed by atoms with E-state index >= 15 is 0 Å². The molecule has 0 aromatic heterocycles. The maximum atomic E-state index is 12.1. The van der Waals surface area contributed by atoms with Gasteiger partial charge in [0.15, 0.2) is 0 Å². The summed E-state index contributed by atoms with van der Waals surface area (Å²) >= 11 is 0. The average Bonchev–Trinajstić information content (AvgIpc) is 2.93. The van der Waals surface area contributed by atoms with Gasteiger partial charge >= 0.3 is 0 Å². The summed E-state index contributed by atoms with van der Waals surface area (Å²) in [6.07, 6.45) is 8.18. The van der Waals surface area contributed by atoms with Gasteiger partial charge in [-0.1, -0.05) is 19.8 Å². The van der Waals surface area contributed by atoms with Gasteiger partial charge in [0.2, 0.25) is 5.91 Å². The molecule has 2 aliphatic rings. The first-order chi connectivity index (χ1) is 7.72. The van der Waals surface area contributed by atoms with Gasteiger partial charge in [-0.3, -0.25) is 4.79 Å². The standard InChI is InChI=1S/C13H24N2O/c1-2-13(7-8-13)12(16)15-11(9-14)10-5-3-4-6-10/h10-11H,2-9,14H2,1H3,(H,15,16). The fourth-order valence-electron chi connectivity index (χ4n) is 2.94. The zero-order chi connectivity index (χ0) is 11.6. The quantitative estimate of drug-likeness (QED) is 0.748. The van der Waals surface area contributed by atoms with E-state index in [9.17, 15) is 4.79 Å². The second-order valence-corrected chi connectivity index (χ2v) is 5.49. The van der Waals surface area contributed by atoms with E-state index in [0.29, 0.717) is 12.5 Å². The monoisotopic (exact) mass is 224 g/mol. The number of rotatable bonds is 5. The van der Waals surface area contributed by atoms with Crippen LogP contribution >= 0.6 is 0 Å². The Bertz CT molecular complexity index is 255. The number of carbonyl (C=O) groups excluding carboxylic acids is 1. The molecule has 0 bridgehead atoms. The first-order valence-corrected chi connectivity index (χ1v) is 6.73. The Hall–Kier alpha value is -0.570. The number of hydrogen-bond donors (Lipinski definition) is 2. The van der Waals surface area contributed by atoms with E-state index in [0.717, 1.165) is 19.3 Å². The average molecular weight is 224 g/mol. The fraction of sp³-hybridized carbons (Fsp3) is 0.923. The number of hydrogen-bond acceptors (Lipinski definition) is 2. The zero-order valence-corrected chi connectivity index (χ0v) is 10.3. The summed E-state index contributed by atoms with van der Waals surface area (Å²) in [7, 11) is 0. The lowest BCUT2D eigenvalue weighted by Crippen LogP contribution is -2.47. The van der Waals surface area contributed by atoms with Gasteiger partial charge in [0.1, 0.15) is 0 Å². The summed E-state index contributed by atoms with van der Waals surface area (Å²) in [5.41, 5.74) is 5.77. The third kappa shape index (κ3) is 2.24. The van der Waals surface area contributed by atoms with Crippen LogP contribution in [0.3, 0.4) is 0 Å². The van der Waals surface area contributed by atoms with E-state index in [4.69, 9.17) is 5.73 Å². The highest BCUT2D eigenvalue weighted by molar-refractivity contribution is 5.85. The second kappa shape index (κ2) is 4.74. The van der Waals surface area contributed by atoms with Crippen LogP contribution in [0.25, 0.3) is 0 Å². The number of amides is 1. The van der Waals surface area contributed by atoms with E-state index in [2.05, 4.69) is 12.2 Å². The van der Waals surface area contributed by atoms with Crippen molar-refractivity contribution in [2.45, 2.75) is 57.9 Å². The smallest absolute Gasteiger partial charge is 0.226 e. The van der Waals surface area contributed by atoms with Crippen molar-refractivity contribution in [2.75, 3.05) is 6.54 Å². The van der Waals surface area contributed by atoms with Crippen LogP contribution in [0.2, 0.25) is 0 Å². The van der Waals surface area contributed by atoms with Gasteiger partial charge in [0, 0.05) is 18.0 Å². The molecule has 2 saturated carbocycles. The summed E-state index contributed by atoms with van der Waals surface area (Å²) in [6.45, 7) is 2.70. The maximum Gasteiger partial charge on any atom is 0.226 e. The largest absolute Gasteiger partial charge is 0.351 e. The van der Waals surface area contributed by atoms with Gasteiger partial charge in [-0.2, -0.15) is 0 Å². The van der Waals surface area contributed by atoms with Gasteiger partial charge in [-0.15, -0.1) is 0 Å². The molecule has 0 saturated heterocycles. The highest BCUT2D eigenvalue weighted by Gasteiger charge is 2.48. The molecule has 0 aromatic rings. The van der Waals surface area contributed by atoms with Gasteiger partial charge in [-0.25, -0.2) is 0 Å². The van der Waals surface area contributed by atoms with E-state index < -0.39 is 0 Å². The molecule has 0 radical (unpaired) electrons. The Kier molecular flexibility index (Phi) is 3.53. The minimum Gasteiger partial charge on any atom is -0.351 e. The predicted molar refractivity (Wildman–Crippen MR) is 64.9 cm³/mol. The molecule has 3 N–H and O–H groups in total. The molecule has 2 rings (SSSR count). The molecule has 0 aromatic carbocycles. The van der Waals surface area contributed by atoms with Crippen LogP contribution in [-0.2, 0) is 4.79 Å². The molecule has 0 heterocycles. The first-order valence-electron chi connectivity index (χ1n) is 6.73. The second-order valence-electron chi connectivity index (χ2n) is 5.49. The Morgan fingerprint density at radius 1 is 1.44 bits per heavy atom. The highest BCUT2D eigenvalue weighted by Crippen LogP contribution is 2.49. The molecule has 0 spiro atoms. The summed E-state index contributed by atoms with van der Waals surface area (Å²) in [5.74, 6) is 0.888. The summed E-state index contributed by atoms with van der Waals surface area (Å²) < 4.78 is 0. The van der Waals surface area contributed by atoms with E-state index in [1.54, 1.807) is 0 Å². The van der Waals surface area contributed by atoms with Crippen LogP contribution in [0.15, 0.2) is 0 Å². The SMILES string of the molecule is CCC1(C(=O)NC(CN)C2CCCC2)CC1. The molecule has 1 atom stereocenters. The summed E-state index contributed by atoms with van der Waals surface area (Å²) in [4.78, 5) is 12.1. The van der Waals surface area contributed by atoms with Gasteiger partial charge < -0.3 is 11.1 Å². The molecule has 1 amide bonds. The molecular weight excluding hydrogens is 200 g/mol. The van der Waals surface area contributed by atoms with Gasteiger partial charge in [0.05, 0.1) is 0 Å². The van der Waals surface area contributed by atoms with Crippen LogP contribution in [0.5, 0.6) is 0 Å². The van der Waals surface area contributed by atoms with Crippen molar-refractivity contribution < 1.29 is 4.79 Å². The molecule has 3 heteroatoms. The summed E-state index contributed by atoms with van der Waals surface area (Å²) in [5, 5.41) is 3.20. The van der Waals surface area contributed by atoms with Crippen molar-refractivity contribution in [1.82, 2.24) is 5.32 Å². The van der Waals surface area contributed by atoms with E-state index in [-0.39, 0.29) is 17.4 Å². The van der Waals surface area contributed by atoms with Crippen molar-refractivity contribution in [1.29, 1.82) is 0 Å². The van der Waals surface area contributed by atoms with Crippen LogP contribution in [0.4, 0.5) is 0 Å². The minimum absolute atomic E-state index is 0.0218. The van der Waals surface area contributed by atoms with Crippen molar-refractivity contribution in [3.05, 3.63) is 0 Å². The van der Waals surface area contributed by atoms with Gasteiger partial charge in [-0.05, 0) is 38.0 Å². The molecule has 16 heavy (non-hydrogen) atoms. The molecular formula is C13H24N2O. The Morgan fingerprint density at radius 2 is 2.06 bits per heavy atom. The molecule has 0 aliphatic heterocycles. The van der Waals surface area contributed by atoms with Crippen LogP contribution < -0.4 is 11.1 Å². The van der Waals surface area contributed by atoms with Crippen molar-refractivity contribution in [2.24, 2.45) is 17.1 Å². The molecule has 92 valence electrons. The van der Waals surface area contributed by atoms with E-state index in [1.807, 2.05) is 0 Å². The van der Waals surface area contributed by atoms with Crippen molar-refractivity contribution in [3.63, 3.8) is 0 Å². The molecule has 3 nitrogen and oxygen atoms in total. The lowest BCUT2D eigenvalue weighted by atomic mass is 9.96. The Morgan fingerprint density at radius 3 is 2.50 bits per heavy atom. The normalized spacial score (nSPS) is 25.4. The molecule has 1 unspecified atom stereocenters. The van der Waals surface area contributed by atoms with Crippen LogP contribution in [0, 0.1) is 11.3 Å². The number of nitrogens with two attached hydrogens (primary N) is 1. The van der Waals surface area contributed by atoms with Crippen LogP contribution in [0.1, 0.15) is 51.9 Å². The Balaban J connectivity index is 1.88. The number of carbonyl (C=O) groups is 1. The van der Waals surface area contributed by atoms with Crippen molar-refractivity contribution in [3.8, 4) is 0 Å². The summed E-state index contributed by atoms with van der Waals surface area (Å²) in [6, 6.07) is 0.221. The first kappa shape index (κ1) is 11.9. The van der Waals surface area contributed by atoms with Crippen molar-refractivity contribution >= 4 is 5.91 Å². The van der Waals surface area contributed by atoms with E-state index in [1.165, 1.54) is 25.7 Å². The molecule has 2 aliphatic carbocycles. The Labute approximate surface area is 98.2 Å². The van der Waals surface area contributed by atoms with Gasteiger partial charge in [0.25, 0.3) is 0 Å². The lowest BCUT2D eigenvalue weighted by molar-refractivity contribution is -0.127. The molecule has 2 fully saturated rings. The third-order valence-electron chi connectivity index (χ3n) is 4.55. The fourth-order valence-corrected chi connectivity index (χ4v) is 2.94. The maximum absolute atomic E-state index is 12.1. The van der Waals surface area contributed by atoms with Crippen LogP contribution in [-0.4, -0.2) is 18.5 Å². The zero-order valence-electron chi connectivity index (χ0n) is 10.3. The lowest BCUT2D eigenvalue weighted by Gasteiger charge is -2.25. The number of nitrogens with one attached hydrogen (secondary N) is 1. The predicted octanol–water partition coefficient (Wildman–Crippen LogP) is 1.81. The minimum atomic E-state index is -0.0218. The topological polar surface area (TPSA) is 55.1 Å². The highest BCUT2D eigenvalue weighted by atomic mass is 16.2.